The Kier molecular flexibility index (Phi) is 3.07. The molecule has 2 saturated carbocycles. The number of carboxylic acids is 1. The predicted octanol–water partition coefficient (Wildman–Crippen LogP) is 3.03. The molecule has 0 aromatic heterocycles. The van der Waals surface area contributed by atoms with E-state index < -0.39 is 28.0 Å². The van der Waals surface area contributed by atoms with Crippen LogP contribution in [0.5, 0.6) is 0 Å². The zero-order chi connectivity index (χ0) is 15.2. The van der Waals surface area contributed by atoms with Gasteiger partial charge in [0.2, 0.25) is 0 Å². The summed E-state index contributed by atoms with van der Waals surface area (Å²) in [5.74, 6) is -1.54. The topological polar surface area (TPSA) is 92.5 Å². The van der Waals surface area contributed by atoms with E-state index in [4.69, 9.17) is 5.11 Å². The summed E-state index contributed by atoms with van der Waals surface area (Å²) in [7, 11) is 0. The maximum Gasteiger partial charge on any atom is 0.342 e. The van der Waals surface area contributed by atoms with Crippen LogP contribution in [0.3, 0.4) is 0 Å². The fraction of sp³-hybridized carbons (Fsp3) is 0.500. The third-order valence-electron chi connectivity index (χ3n) is 4.48. The highest BCUT2D eigenvalue weighted by Crippen LogP contribution is 2.61. The van der Waals surface area contributed by atoms with Crippen LogP contribution in [-0.2, 0) is 0 Å². The Morgan fingerprint density at radius 2 is 2.14 bits per heavy atom. The lowest BCUT2D eigenvalue weighted by Gasteiger charge is -2.16. The number of anilines is 1. The lowest BCUT2D eigenvalue weighted by atomic mass is 10.0. The molecule has 0 heterocycles. The van der Waals surface area contributed by atoms with Gasteiger partial charge in [-0.1, -0.05) is 0 Å². The molecule has 0 aliphatic heterocycles. The van der Waals surface area contributed by atoms with Crippen molar-refractivity contribution in [2.24, 2.45) is 11.3 Å². The highest BCUT2D eigenvalue weighted by Gasteiger charge is 2.53. The Bertz CT molecular complexity index is 624. The standard InChI is InChI=1S/C14H15FN2O4/c15-10-6-12(17(20)21)9(13(18)19)5-11(10)16-7-14(3-4-14)8-1-2-8/h5-6,8,16H,1-4,7H2,(H,18,19). The van der Waals surface area contributed by atoms with Crippen molar-refractivity contribution in [2.75, 3.05) is 11.9 Å². The van der Waals surface area contributed by atoms with Crippen LogP contribution in [0.2, 0.25) is 0 Å². The van der Waals surface area contributed by atoms with Crippen molar-refractivity contribution in [1.82, 2.24) is 0 Å². The fourth-order valence-corrected chi connectivity index (χ4v) is 2.88. The van der Waals surface area contributed by atoms with Crippen LogP contribution in [-0.4, -0.2) is 22.5 Å². The number of rotatable bonds is 6. The number of halogens is 1. The maximum absolute atomic E-state index is 13.9. The molecular weight excluding hydrogens is 279 g/mol. The summed E-state index contributed by atoms with van der Waals surface area (Å²) in [4.78, 5) is 21.0. The first-order valence-corrected chi connectivity index (χ1v) is 6.88. The first kappa shape index (κ1) is 13.8. The number of nitrogens with zero attached hydrogens (tertiary/aromatic N) is 1. The van der Waals surface area contributed by atoms with Gasteiger partial charge < -0.3 is 10.4 Å². The van der Waals surface area contributed by atoms with Crippen molar-refractivity contribution in [3.05, 3.63) is 33.6 Å². The maximum atomic E-state index is 13.9. The Morgan fingerprint density at radius 1 is 1.48 bits per heavy atom. The fourth-order valence-electron chi connectivity index (χ4n) is 2.88. The zero-order valence-electron chi connectivity index (χ0n) is 11.3. The van der Waals surface area contributed by atoms with E-state index in [1.54, 1.807) is 0 Å². The van der Waals surface area contributed by atoms with Crippen molar-refractivity contribution in [2.45, 2.75) is 25.7 Å². The second-order valence-corrected chi connectivity index (χ2v) is 5.90. The van der Waals surface area contributed by atoms with E-state index in [1.165, 1.54) is 12.8 Å². The molecule has 0 spiro atoms. The number of hydrogen-bond donors (Lipinski definition) is 2. The van der Waals surface area contributed by atoms with E-state index in [2.05, 4.69) is 5.32 Å². The monoisotopic (exact) mass is 294 g/mol. The van der Waals surface area contributed by atoms with Crippen LogP contribution in [0.25, 0.3) is 0 Å². The normalized spacial score (nSPS) is 19.1. The molecule has 0 bridgehead atoms. The largest absolute Gasteiger partial charge is 0.477 e. The minimum atomic E-state index is -1.44. The second-order valence-electron chi connectivity index (χ2n) is 5.90. The minimum Gasteiger partial charge on any atom is -0.477 e. The third-order valence-corrected chi connectivity index (χ3v) is 4.48. The van der Waals surface area contributed by atoms with Gasteiger partial charge in [0.15, 0.2) is 5.82 Å². The van der Waals surface area contributed by atoms with Gasteiger partial charge in [-0.15, -0.1) is 0 Å². The summed E-state index contributed by atoms with van der Waals surface area (Å²) in [6.07, 6.45) is 4.60. The van der Waals surface area contributed by atoms with E-state index in [-0.39, 0.29) is 11.1 Å². The first-order valence-electron chi connectivity index (χ1n) is 6.88. The number of carbonyl (C=O) groups is 1. The van der Waals surface area contributed by atoms with E-state index in [0.29, 0.717) is 18.5 Å². The number of carboxylic acid groups (broad SMARTS) is 1. The first-order chi connectivity index (χ1) is 9.93. The number of nitro groups is 1. The van der Waals surface area contributed by atoms with Gasteiger partial charge in [0.05, 0.1) is 16.7 Å². The van der Waals surface area contributed by atoms with Gasteiger partial charge >= 0.3 is 5.97 Å². The zero-order valence-corrected chi connectivity index (χ0v) is 11.3. The molecule has 0 amide bonds. The molecule has 0 atom stereocenters. The molecular formula is C14H15FN2O4. The van der Waals surface area contributed by atoms with Gasteiger partial charge in [-0.3, -0.25) is 10.1 Å². The number of nitro benzene ring substituents is 1. The van der Waals surface area contributed by atoms with Crippen LogP contribution in [0.15, 0.2) is 12.1 Å². The third kappa shape index (κ3) is 2.55. The molecule has 0 saturated heterocycles. The van der Waals surface area contributed by atoms with Crippen molar-refractivity contribution >= 4 is 17.3 Å². The van der Waals surface area contributed by atoms with Gasteiger partial charge in [0.1, 0.15) is 5.56 Å². The lowest BCUT2D eigenvalue weighted by Crippen LogP contribution is -2.18. The molecule has 112 valence electrons. The number of benzene rings is 1. The van der Waals surface area contributed by atoms with Crippen LogP contribution < -0.4 is 5.32 Å². The van der Waals surface area contributed by atoms with Crippen molar-refractivity contribution < 1.29 is 19.2 Å². The molecule has 6 nitrogen and oxygen atoms in total. The Labute approximate surface area is 120 Å². The minimum absolute atomic E-state index is 0.0184. The number of nitrogens with one attached hydrogen (secondary N) is 1. The molecule has 0 radical (unpaired) electrons. The van der Waals surface area contributed by atoms with Gasteiger partial charge in [0, 0.05) is 6.54 Å². The Hall–Kier alpha value is -2.18. The molecule has 7 heteroatoms. The van der Waals surface area contributed by atoms with Crippen molar-refractivity contribution in [3.8, 4) is 0 Å². The quantitative estimate of drug-likeness (QED) is 0.621. The van der Waals surface area contributed by atoms with Crippen LogP contribution in [0, 0.1) is 27.3 Å². The molecule has 21 heavy (non-hydrogen) atoms. The molecule has 1 aromatic carbocycles. The summed E-state index contributed by atoms with van der Waals surface area (Å²) in [6, 6.07) is 1.68. The van der Waals surface area contributed by atoms with E-state index in [1.807, 2.05) is 0 Å². The molecule has 2 fully saturated rings. The molecule has 2 aliphatic rings. The van der Waals surface area contributed by atoms with Crippen LogP contribution in [0.4, 0.5) is 15.8 Å². The summed E-state index contributed by atoms with van der Waals surface area (Å²) in [5.41, 5.74) is -0.989. The highest BCUT2D eigenvalue weighted by molar-refractivity contribution is 5.93. The summed E-state index contributed by atoms with van der Waals surface area (Å²) in [5, 5.41) is 22.7. The van der Waals surface area contributed by atoms with Gasteiger partial charge in [0.25, 0.3) is 5.69 Å². The lowest BCUT2D eigenvalue weighted by molar-refractivity contribution is -0.385. The summed E-state index contributed by atoms with van der Waals surface area (Å²) >= 11 is 0. The molecule has 0 unspecified atom stereocenters. The van der Waals surface area contributed by atoms with Crippen LogP contribution >= 0.6 is 0 Å². The average molecular weight is 294 g/mol. The SMILES string of the molecule is O=C(O)c1cc(NCC2(C3CC3)CC2)c(F)cc1[N+](=O)[O-]. The summed E-state index contributed by atoms with van der Waals surface area (Å²) in [6.45, 7) is 0.589. The van der Waals surface area contributed by atoms with Crippen LogP contribution in [0.1, 0.15) is 36.0 Å². The van der Waals surface area contributed by atoms with Crippen molar-refractivity contribution in [1.29, 1.82) is 0 Å². The van der Waals surface area contributed by atoms with Crippen molar-refractivity contribution in [3.63, 3.8) is 0 Å². The Balaban J connectivity index is 1.83. The predicted molar refractivity (Wildman–Crippen MR) is 72.9 cm³/mol. The number of aromatic carboxylic acids is 1. The van der Waals surface area contributed by atoms with E-state index in [0.717, 1.165) is 18.9 Å². The van der Waals surface area contributed by atoms with Gasteiger partial charge in [-0.25, -0.2) is 9.18 Å². The molecule has 2 N–H and O–H groups in total. The summed E-state index contributed by atoms with van der Waals surface area (Å²) < 4.78 is 13.9. The Morgan fingerprint density at radius 3 is 2.62 bits per heavy atom. The molecule has 1 aromatic rings. The van der Waals surface area contributed by atoms with Gasteiger partial charge in [-0.05, 0) is 43.1 Å². The van der Waals surface area contributed by atoms with E-state index in [9.17, 15) is 19.3 Å². The smallest absolute Gasteiger partial charge is 0.342 e. The average Bonchev–Trinajstić information content (AvgIpc) is 3.28. The highest BCUT2D eigenvalue weighted by atomic mass is 19.1. The van der Waals surface area contributed by atoms with Gasteiger partial charge in [-0.2, -0.15) is 0 Å². The second kappa shape index (κ2) is 4.68. The molecule has 2 aliphatic carbocycles. The molecule has 3 rings (SSSR count). The van der Waals surface area contributed by atoms with E-state index >= 15 is 0 Å². The number of hydrogen-bond acceptors (Lipinski definition) is 4.